The summed E-state index contributed by atoms with van der Waals surface area (Å²) in [5.41, 5.74) is 4.84. The summed E-state index contributed by atoms with van der Waals surface area (Å²) in [5, 5.41) is 8.88. The minimum absolute atomic E-state index is 0.141. The first-order chi connectivity index (χ1) is 5.15. The molecule has 2 heteroatoms. The maximum absolute atomic E-state index is 8.88. The first kappa shape index (κ1) is 8.34. The summed E-state index contributed by atoms with van der Waals surface area (Å²) in [6.45, 7) is 4.28. The minimum atomic E-state index is 0.141. The van der Waals surface area contributed by atoms with Gasteiger partial charge in [-0.25, -0.2) is 0 Å². The molecule has 0 atom stereocenters. The van der Waals surface area contributed by atoms with Crippen molar-refractivity contribution in [3.05, 3.63) is 28.8 Å². The van der Waals surface area contributed by atoms with Crippen molar-refractivity contribution < 1.29 is 5.11 Å². The molecule has 0 spiro atoms. The van der Waals surface area contributed by atoms with Crippen molar-refractivity contribution in [2.45, 2.75) is 20.5 Å². The van der Waals surface area contributed by atoms with Gasteiger partial charge in [0.25, 0.3) is 0 Å². The zero-order chi connectivity index (χ0) is 8.43. The van der Waals surface area contributed by atoms with Crippen molar-refractivity contribution in [3.63, 3.8) is 0 Å². The maximum atomic E-state index is 8.88. The Bertz CT molecular complexity index is 245. The van der Waals surface area contributed by atoms with Crippen molar-refractivity contribution >= 4 is 13.3 Å². The van der Waals surface area contributed by atoms with Crippen LogP contribution in [-0.2, 0) is 6.61 Å². The van der Waals surface area contributed by atoms with E-state index in [-0.39, 0.29) is 6.61 Å². The van der Waals surface area contributed by atoms with Crippen molar-refractivity contribution in [3.8, 4) is 0 Å². The Balaban J connectivity index is 3.21. The molecule has 11 heavy (non-hydrogen) atoms. The molecule has 0 heterocycles. The van der Waals surface area contributed by atoms with E-state index in [4.69, 9.17) is 5.11 Å². The number of benzene rings is 1. The monoisotopic (exact) mass is 148 g/mol. The van der Waals surface area contributed by atoms with Crippen LogP contribution in [0.15, 0.2) is 12.1 Å². The van der Waals surface area contributed by atoms with Crippen LogP contribution in [0.4, 0.5) is 0 Å². The minimum Gasteiger partial charge on any atom is -0.392 e. The summed E-state index contributed by atoms with van der Waals surface area (Å²) in [5.74, 6) is 0. The van der Waals surface area contributed by atoms with Gasteiger partial charge in [-0.05, 0) is 19.4 Å². The topological polar surface area (TPSA) is 20.2 Å². The second-order valence-corrected chi connectivity index (χ2v) is 3.01. The van der Waals surface area contributed by atoms with E-state index < -0.39 is 0 Å². The normalized spacial score (nSPS) is 10.1. The molecule has 0 aliphatic carbocycles. The van der Waals surface area contributed by atoms with Crippen LogP contribution in [0, 0.1) is 13.8 Å². The fraction of sp³-hybridized carbons (Fsp3) is 0.333. The number of hydrogen-bond acceptors (Lipinski definition) is 1. The van der Waals surface area contributed by atoms with Crippen LogP contribution in [0.3, 0.4) is 0 Å². The molecule has 0 saturated carbocycles. The van der Waals surface area contributed by atoms with Gasteiger partial charge in [-0.1, -0.05) is 28.7 Å². The number of hydrogen-bond donors (Lipinski definition) is 1. The molecule has 1 N–H and O–H groups in total. The molecule has 0 aromatic heterocycles. The largest absolute Gasteiger partial charge is 0.392 e. The average Bonchev–Trinajstić information content (AvgIpc) is 1.99. The molecule has 0 saturated heterocycles. The summed E-state index contributed by atoms with van der Waals surface area (Å²) in [6, 6.07) is 4.06. The van der Waals surface area contributed by atoms with Gasteiger partial charge in [-0.3, -0.25) is 0 Å². The predicted molar refractivity (Wildman–Crippen MR) is 50.0 cm³/mol. The Morgan fingerprint density at radius 1 is 1.27 bits per heavy atom. The fourth-order valence-electron chi connectivity index (χ4n) is 1.22. The van der Waals surface area contributed by atoms with Gasteiger partial charge in [0, 0.05) is 0 Å². The third kappa shape index (κ3) is 1.63. The van der Waals surface area contributed by atoms with Crippen molar-refractivity contribution in [2.75, 3.05) is 0 Å². The lowest BCUT2D eigenvalue weighted by Crippen LogP contribution is -2.12. The van der Waals surface area contributed by atoms with E-state index in [1.807, 2.05) is 12.1 Å². The van der Waals surface area contributed by atoms with Gasteiger partial charge >= 0.3 is 0 Å². The highest BCUT2D eigenvalue weighted by atomic mass is 16.3. The quantitative estimate of drug-likeness (QED) is 0.558. The fourth-order valence-corrected chi connectivity index (χ4v) is 1.22. The first-order valence-corrected chi connectivity index (χ1v) is 3.82. The standard InChI is InChI=1S/C9H13BO/c1-6-3-8(5-11)4-7(2)9(6)10/h3-4,11H,5,10H2,1-2H3. The molecule has 0 amide bonds. The van der Waals surface area contributed by atoms with Crippen LogP contribution in [-0.4, -0.2) is 13.0 Å². The van der Waals surface area contributed by atoms with Crippen LogP contribution >= 0.6 is 0 Å². The molecule has 1 rings (SSSR count). The Hall–Kier alpha value is -0.755. The summed E-state index contributed by atoms with van der Waals surface area (Å²) < 4.78 is 0. The Labute approximate surface area is 68.5 Å². The molecule has 1 nitrogen and oxygen atoms in total. The maximum Gasteiger partial charge on any atom is 0.139 e. The zero-order valence-electron chi connectivity index (χ0n) is 7.31. The van der Waals surface area contributed by atoms with E-state index in [1.165, 1.54) is 16.6 Å². The average molecular weight is 148 g/mol. The predicted octanol–water partition coefficient (Wildman–Crippen LogP) is 0.0541. The third-order valence-corrected chi connectivity index (χ3v) is 2.17. The van der Waals surface area contributed by atoms with Crippen LogP contribution in [0.25, 0.3) is 0 Å². The van der Waals surface area contributed by atoms with Gasteiger partial charge < -0.3 is 5.11 Å². The highest BCUT2D eigenvalue weighted by Gasteiger charge is 1.98. The van der Waals surface area contributed by atoms with Gasteiger partial charge in [0.15, 0.2) is 0 Å². The highest BCUT2D eigenvalue weighted by Crippen LogP contribution is 2.05. The molecule has 58 valence electrons. The highest BCUT2D eigenvalue weighted by molar-refractivity contribution is 6.34. The SMILES string of the molecule is Bc1c(C)cc(CO)cc1C. The van der Waals surface area contributed by atoms with Gasteiger partial charge in [0.1, 0.15) is 7.85 Å². The lowest BCUT2D eigenvalue weighted by atomic mass is 9.86. The molecule has 0 aliphatic heterocycles. The number of aliphatic hydroxyl groups is 1. The summed E-state index contributed by atoms with van der Waals surface area (Å²) in [6.07, 6.45) is 0. The van der Waals surface area contributed by atoms with E-state index in [1.54, 1.807) is 0 Å². The van der Waals surface area contributed by atoms with E-state index in [2.05, 4.69) is 21.7 Å². The second-order valence-electron chi connectivity index (χ2n) is 3.01. The molecular formula is C9H13BO. The van der Waals surface area contributed by atoms with E-state index in [0.717, 1.165) is 5.56 Å². The van der Waals surface area contributed by atoms with Crippen LogP contribution in [0.5, 0.6) is 0 Å². The number of aliphatic hydroxyl groups excluding tert-OH is 1. The van der Waals surface area contributed by atoms with Crippen molar-refractivity contribution in [2.24, 2.45) is 0 Å². The molecular weight excluding hydrogens is 135 g/mol. The molecule has 0 bridgehead atoms. The lowest BCUT2D eigenvalue weighted by molar-refractivity contribution is 0.281. The van der Waals surface area contributed by atoms with Gasteiger partial charge in [0.2, 0.25) is 0 Å². The summed E-state index contributed by atoms with van der Waals surface area (Å²) >= 11 is 0. The van der Waals surface area contributed by atoms with Gasteiger partial charge in [0.05, 0.1) is 6.61 Å². The molecule has 0 radical (unpaired) electrons. The Morgan fingerprint density at radius 2 is 1.73 bits per heavy atom. The van der Waals surface area contributed by atoms with E-state index in [9.17, 15) is 0 Å². The number of aryl methyl sites for hydroxylation is 2. The van der Waals surface area contributed by atoms with Crippen molar-refractivity contribution in [1.82, 2.24) is 0 Å². The Morgan fingerprint density at radius 3 is 2.09 bits per heavy atom. The van der Waals surface area contributed by atoms with Gasteiger partial charge in [-0.2, -0.15) is 0 Å². The second kappa shape index (κ2) is 3.10. The van der Waals surface area contributed by atoms with E-state index in [0.29, 0.717) is 0 Å². The first-order valence-electron chi connectivity index (χ1n) is 3.82. The van der Waals surface area contributed by atoms with Crippen LogP contribution < -0.4 is 5.46 Å². The summed E-state index contributed by atoms with van der Waals surface area (Å²) in [7, 11) is 2.10. The van der Waals surface area contributed by atoms with Crippen molar-refractivity contribution in [1.29, 1.82) is 0 Å². The summed E-state index contributed by atoms with van der Waals surface area (Å²) in [4.78, 5) is 0. The van der Waals surface area contributed by atoms with Gasteiger partial charge in [-0.15, -0.1) is 0 Å². The molecule has 0 aliphatic rings. The van der Waals surface area contributed by atoms with E-state index >= 15 is 0 Å². The molecule has 0 fully saturated rings. The zero-order valence-corrected chi connectivity index (χ0v) is 7.31. The molecule has 0 unspecified atom stereocenters. The third-order valence-electron chi connectivity index (χ3n) is 2.17. The Kier molecular flexibility index (Phi) is 2.35. The smallest absolute Gasteiger partial charge is 0.139 e. The van der Waals surface area contributed by atoms with Crippen LogP contribution in [0.1, 0.15) is 16.7 Å². The molecule has 1 aromatic rings. The lowest BCUT2D eigenvalue weighted by Gasteiger charge is -2.06. The van der Waals surface area contributed by atoms with Crippen LogP contribution in [0.2, 0.25) is 0 Å². The number of rotatable bonds is 1. The molecule has 1 aromatic carbocycles.